The number of hydrogen-bond acceptors (Lipinski definition) is 3. The van der Waals surface area contributed by atoms with E-state index < -0.39 is 10.8 Å². The maximum absolute atomic E-state index is 12.6. The summed E-state index contributed by atoms with van der Waals surface area (Å²) in [6.07, 6.45) is 7.77. The molecule has 2 rings (SSSR count). The molecule has 0 radical (unpaired) electrons. The summed E-state index contributed by atoms with van der Waals surface area (Å²) in [4.78, 5) is 12.6. The molecular weight excluding hydrogens is 308 g/mol. The van der Waals surface area contributed by atoms with Gasteiger partial charge in [-0.25, -0.2) is 0 Å². The van der Waals surface area contributed by atoms with Crippen molar-refractivity contribution in [2.75, 3.05) is 18.6 Å². The topological polar surface area (TPSA) is 72.2 Å². The molecule has 1 fully saturated rings. The molecule has 4 nitrogen and oxygen atoms in total. The molecule has 128 valence electrons. The summed E-state index contributed by atoms with van der Waals surface area (Å²) in [5, 5.41) is 3.08. The molecule has 23 heavy (non-hydrogen) atoms. The highest BCUT2D eigenvalue weighted by molar-refractivity contribution is 7.84. The van der Waals surface area contributed by atoms with Gasteiger partial charge in [0.2, 0.25) is 5.91 Å². The predicted octanol–water partition coefficient (Wildman–Crippen LogP) is 2.52. The van der Waals surface area contributed by atoms with Crippen LogP contribution in [-0.4, -0.2) is 28.7 Å². The summed E-state index contributed by atoms with van der Waals surface area (Å²) in [6.45, 7) is 0.566. The molecule has 0 aliphatic heterocycles. The van der Waals surface area contributed by atoms with Gasteiger partial charge in [0.05, 0.1) is 6.04 Å². The number of rotatable bonds is 7. The quantitative estimate of drug-likeness (QED) is 0.803. The van der Waals surface area contributed by atoms with Gasteiger partial charge in [0.1, 0.15) is 0 Å². The molecule has 1 aliphatic carbocycles. The zero-order valence-electron chi connectivity index (χ0n) is 13.9. The predicted molar refractivity (Wildman–Crippen MR) is 95.4 cm³/mol. The van der Waals surface area contributed by atoms with Crippen LogP contribution in [0, 0.1) is 5.41 Å². The van der Waals surface area contributed by atoms with Crippen LogP contribution in [-0.2, 0) is 15.6 Å². The lowest BCUT2D eigenvalue weighted by Crippen LogP contribution is -2.40. The van der Waals surface area contributed by atoms with Gasteiger partial charge in [0.25, 0.3) is 0 Å². The van der Waals surface area contributed by atoms with E-state index in [2.05, 4.69) is 5.32 Å². The summed E-state index contributed by atoms with van der Waals surface area (Å²) in [5.41, 5.74) is 6.94. The number of nitrogens with one attached hydrogen (secondary N) is 1. The maximum Gasteiger partial charge on any atom is 0.221 e. The molecular formula is C18H28N2O2S. The van der Waals surface area contributed by atoms with Crippen LogP contribution in [0.15, 0.2) is 30.3 Å². The molecule has 5 heteroatoms. The fourth-order valence-corrected chi connectivity index (χ4v) is 4.23. The van der Waals surface area contributed by atoms with Crippen LogP contribution in [0.25, 0.3) is 0 Å². The highest BCUT2D eigenvalue weighted by Crippen LogP contribution is 2.38. The van der Waals surface area contributed by atoms with E-state index in [4.69, 9.17) is 5.73 Å². The summed E-state index contributed by atoms with van der Waals surface area (Å²) >= 11 is 0. The molecule has 2 atom stereocenters. The first-order chi connectivity index (χ1) is 11.0. The van der Waals surface area contributed by atoms with Crippen molar-refractivity contribution in [3.05, 3.63) is 35.9 Å². The molecule has 3 N–H and O–H groups in total. The normalized spacial score (nSPS) is 19.7. The minimum Gasteiger partial charge on any atom is -0.348 e. The van der Waals surface area contributed by atoms with Gasteiger partial charge in [-0.05, 0) is 30.4 Å². The molecule has 1 aromatic carbocycles. The van der Waals surface area contributed by atoms with Crippen molar-refractivity contribution < 1.29 is 9.00 Å². The van der Waals surface area contributed by atoms with Crippen LogP contribution in [0.4, 0.5) is 0 Å². The number of benzene rings is 1. The molecule has 1 amide bonds. The van der Waals surface area contributed by atoms with E-state index in [1.807, 2.05) is 30.3 Å². The average molecular weight is 337 g/mol. The molecule has 0 saturated heterocycles. The van der Waals surface area contributed by atoms with Crippen LogP contribution < -0.4 is 11.1 Å². The highest BCUT2D eigenvalue weighted by atomic mass is 32.2. The Labute approximate surface area is 141 Å². The smallest absolute Gasteiger partial charge is 0.221 e. The molecule has 1 aliphatic rings. The Morgan fingerprint density at radius 1 is 1.26 bits per heavy atom. The van der Waals surface area contributed by atoms with Gasteiger partial charge in [-0.15, -0.1) is 0 Å². The van der Waals surface area contributed by atoms with Gasteiger partial charge >= 0.3 is 0 Å². The highest BCUT2D eigenvalue weighted by Gasteiger charge is 2.33. The number of hydrogen-bond donors (Lipinski definition) is 2. The third-order valence-electron chi connectivity index (χ3n) is 4.82. The lowest BCUT2D eigenvalue weighted by atomic mass is 9.71. The Kier molecular flexibility index (Phi) is 6.78. The van der Waals surface area contributed by atoms with Gasteiger partial charge in [-0.3, -0.25) is 9.00 Å². The van der Waals surface area contributed by atoms with E-state index in [9.17, 15) is 9.00 Å². The first-order valence-corrected chi connectivity index (χ1v) is 10.1. The molecule has 1 aromatic rings. The lowest BCUT2D eigenvalue weighted by Gasteiger charge is -2.36. The zero-order chi connectivity index (χ0) is 16.7. The minimum atomic E-state index is -0.971. The number of carbonyl (C=O) groups excluding carboxylic acids is 1. The monoisotopic (exact) mass is 336 g/mol. The second kappa shape index (κ2) is 8.60. The first-order valence-electron chi connectivity index (χ1n) is 8.39. The number of carbonyl (C=O) groups is 1. The van der Waals surface area contributed by atoms with Crippen molar-refractivity contribution in [2.24, 2.45) is 11.1 Å². The average Bonchev–Trinajstić information content (AvgIpc) is 2.55. The second-order valence-corrected chi connectivity index (χ2v) is 8.19. The fraction of sp³-hybridized carbons (Fsp3) is 0.611. The lowest BCUT2D eigenvalue weighted by molar-refractivity contribution is -0.124. The standard InChI is InChI=1S/C18H28N2O2S/c1-23(22)13-16(15-8-4-2-5-9-15)20-17(21)12-18(14-19)10-6-3-7-11-18/h2,4-5,8-9,16H,3,6-7,10-14,19H2,1H3,(H,20,21). The summed E-state index contributed by atoms with van der Waals surface area (Å²) in [5.74, 6) is 0.461. The van der Waals surface area contributed by atoms with Crippen molar-refractivity contribution in [3.63, 3.8) is 0 Å². The van der Waals surface area contributed by atoms with Crippen LogP contribution in [0.3, 0.4) is 0 Å². The Morgan fingerprint density at radius 2 is 1.91 bits per heavy atom. The van der Waals surface area contributed by atoms with Crippen LogP contribution in [0.2, 0.25) is 0 Å². The van der Waals surface area contributed by atoms with Gasteiger partial charge in [-0.2, -0.15) is 0 Å². The van der Waals surface area contributed by atoms with Gasteiger partial charge in [-0.1, -0.05) is 49.6 Å². The fourth-order valence-electron chi connectivity index (χ4n) is 3.48. The zero-order valence-corrected chi connectivity index (χ0v) is 14.7. The van der Waals surface area contributed by atoms with Gasteiger partial charge in [0, 0.05) is 29.2 Å². The Bertz CT molecular complexity index is 527. The van der Waals surface area contributed by atoms with Crippen molar-refractivity contribution in [1.29, 1.82) is 0 Å². The van der Waals surface area contributed by atoms with E-state index in [1.165, 1.54) is 6.42 Å². The van der Waals surface area contributed by atoms with Crippen molar-refractivity contribution in [3.8, 4) is 0 Å². The van der Waals surface area contributed by atoms with E-state index in [0.717, 1.165) is 31.2 Å². The van der Waals surface area contributed by atoms with Crippen molar-refractivity contribution in [2.45, 2.75) is 44.6 Å². The van der Waals surface area contributed by atoms with Crippen LogP contribution in [0.1, 0.15) is 50.1 Å². The molecule has 0 spiro atoms. The molecule has 1 saturated carbocycles. The molecule has 0 bridgehead atoms. The van der Waals surface area contributed by atoms with Crippen molar-refractivity contribution >= 4 is 16.7 Å². The maximum atomic E-state index is 12.6. The number of amides is 1. The Hall–Kier alpha value is -1.20. The van der Waals surface area contributed by atoms with E-state index in [1.54, 1.807) is 6.26 Å². The summed E-state index contributed by atoms with van der Waals surface area (Å²) in [7, 11) is -0.971. The van der Waals surface area contributed by atoms with Gasteiger partial charge in [0.15, 0.2) is 0 Å². The summed E-state index contributed by atoms with van der Waals surface area (Å²) in [6, 6.07) is 9.56. The first kappa shape index (κ1) is 18.1. The Morgan fingerprint density at radius 3 is 2.48 bits per heavy atom. The van der Waals surface area contributed by atoms with E-state index in [-0.39, 0.29) is 17.4 Å². The largest absolute Gasteiger partial charge is 0.348 e. The summed E-state index contributed by atoms with van der Waals surface area (Å²) < 4.78 is 11.7. The minimum absolute atomic E-state index is 0.0247. The third kappa shape index (κ3) is 5.43. The van der Waals surface area contributed by atoms with Crippen molar-refractivity contribution in [1.82, 2.24) is 5.32 Å². The Balaban J connectivity index is 2.03. The van der Waals surface area contributed by atoms with E-state index >= 15 is 0 Å². The molecule has 0 heterocycles. The number of nitrogens with two attached hydrogens (primary N) is 1. The molecule has 0 aromatic heterocycles. The second-order valence-electron chi connectivity index (χ2n) is 6.71. The van der Waals surface area contributed by atoms with Crippen LogP contribution in [0.5, 0.6) is 0 Å². The van der Waals surface area contributed by atoms with Crippen LogP contribution >= 0.6 is 0 Å². The van der Waals surface area contributed by atoms with Gasteiger partial charge < -0.3 is 11.1 Å². The third-order valence-corrected chi connectivity index (χ3v) is 5.62. The SMILES string of the molecule is CS(=O)CC(NC(=O)CC1(CN)CCCCC1)c1ccccc1. The van der Waals surface area contributed by atoms with E-state index in [0.29, 0.717) is 18.7 Å². The molecule has 2 unspecified atom stereocenters.